The van der Waals surface area contributed by atoms with E-state index in [1.54, 1.807) is 36.4 Å². The summed E-state index contributed by atoms with van der Waals surface area (Å²) in [7, 11) is 0. The maximum absolute atomic E-state index is 11.8. The quantitative estimate of drug-likeness (QED) is 0.589. The molecule has 0 saturated heterocycles. The molecule has 0 saturated carbocycles. The molecule has 5 heteroatoms. The smallest absolute Gasteiger partial charge is 0.180 e. The Morgan fingerprint density at radius 3 is 1.95 bits per heavy atom. The average Bonchev–Trinajstić information content (AvgIpc) is 3.00. The minimum atomic E-state index is -0.283. The third kappa shape index (κ3) is 2.64. The molecule has 0 aliphatic rings. The molecule has 0 spiro atoms. The summed E-state index contributed by atoms with van der Waals surface area (Å²) in [5, 5.41) is 0.502. The second-order valence-electron chi connectivity index (χ2n) is 4.13. The molecule has 0 radical (unpaired) electrons. The van der Waals surface area contributed by atoms with E-state index in [4.69, 9.17) is 32.0 Å². The van der Waals surface area contributed by atoms with Crippen LogP contribution >= 0.6 is 23.2 Å². The molecule has 0 unspecified atom stereocenters. The van der Waals surface area contributed by atoms with E-state index in [1.165, 1.54) is 12.1 Å². The van der Waals surface area contributed by atoms with Crippen molar-refractivity contribution in [2.45, 2.75) is 0 Å². The lowest BCUT2D eigenvalue weighted by molar-refractivity contribution is 0.661. The third-order valence-electron chi connectivity index (χ3n) is 2.66. The Balaban J connectivity index is 2.46. The van der Waals surface area contributed by atoms with Crippen molar-refractivity contribution in [3.8, 4) is 0 Å². The minimum absolute atomic E-state index is 0.155. The van der Waals surface area contributed by atoms with Crippen LogP contribution in [0.2, 0.25) is 10.0 Å². The minimum Gasteiger partial charge on any atom is -0.457 e. The molecule has 3 rings (SSSR count). The van der Waals surface area contributed by atoms with Crippen molar-refractivity contribution in [1.29, 1.82) is 0 Å². The predicted molar refractivity (Wildman–Crippen MR) is 79.9 cm³/mol. The normalized spacial score (nSPS) is 10.7. The molecular weight excluding hydrogens is 299 g/mol. The molecule has 20 heavy (non-hydrogen) atoms. The summed E-state index contributed by atoms with van der Waals surface area (Å²) in [5.41, 5.74) is 1.74. The van der Waals surface area contributed by atoms with Gasteiger partial charge in [-0.2, -0.15) is 0 Å². The second kappa shape index (κ2) is 5.19. The fourth-order valence-corrected chi connectivity index (χ4v) is 2.29. The van der Waals surface area contributed by atoms with Gasteiger partial charge in [-0.1, -0.05) is 23.2 Å². The Kier molecular flexibility index (Phi) is 3.38. The van der Waals surface area contributed by atoms with Gasteiger partial charge in [-0.25, -0.2) is 0 Å². The van der Waals surface area contributed by atoms with Crippen LogP contribution in [0.4, 0.5) is 0 Å². The zero-order valence-corrected chi connectivity index (χ0v) is 11.6. The number of rotatable bonds is 0. The zero-order valence-electron chi connectivity index (χ0n) is 10.1. The van der Waals surface area contributed by atoms with Crippen LogP contribution in [0.25, 0.3) is 22.3 Å². The number of hydrogen-bond acceptors (Lipinski definition) is 3. The van der Waals surface area contributed by atoms with Gasteiger partial charge in [0.05, 0.1) is 10.0 Å². The summed E-state index contributed by atoms with van der Waals surface area (Å²) in [6, 6.07) is 12.8. The maximum Gasteiger partial charge on any atom is 0.180 e. The van der Waals surface area contributed by atoms with Crippen molar-refractivity contribution in [3.63, 3.8) is 0 Å². The summed E-state index contributed by atoms with van der Waals surface area (Å²) in [5.74, 6) is 0. The molecule has 3 aromatic rings. The van der Waals surface area contributed by atoms with Gasteiger partial charge in [-0.3, -0.25) is 4.79 Å². The van der Waals surface area contributed by atoms with E-state index < -0.39 is 0 Å². The van der Waals surface area contributed by atoms with E-state index in [9.17, 15) is 4.79 Å². The molecule has 100 valence electrons. The van der Waals surface area contributed by atoms with Crippen LogP contribution in [-0.4, -0.2) is 0 Å². The fourth-order valence-electron chi connectivity index (χ4n) is 1.75. The van der Waals surface area contributed by atoms with Gasteiger partial charge in [0.15, 0.2) is 11.0 Å². The highest BCUT2D eigenvalue weighted by Gasteiger charge is 2.04. The maximum atomic E-state index is 11.8. The highest BCUT2D eigenvalue weighted by atomic mass is 35.5. The van der Waals surface area contributed by atoms with E-state index in [-0.39, 0.29) is 16.0 Å². The number of hydrogen-bond donors (Lipinski definition) is 0. The topological polar surface area (TPSA) is 43.4 Å². The molecule has 3 aromatic heterocycles. The van der Waals surface area contributed by atoms with Crippen LogP contribution in [0.5, 0.6) is 0 Å². The van der Waals surface area contributed by atoms with Crippen LogP contribution < -0.4 is 5.43 Å². The second-order valence-corrected chi connectivity index (χ2v) is 4.94. The van der Waals surface area contributed by atoms with E-state index in [0.29, 0.717) is 21.8 Å². The van der Waals surface area contributed by atoms with E-state index in [2.05, 4.69) is 0 Å². The summed E-state index contributed by atoms with van der Waals surface area (Å²) in [4.78, 5) is 11.8. The Labute approximate surface area is 123 Å². The predicted octanol–water partition coefficient (Wildman–Crippen LogP) is 4.97. The molecule has 0 aromatic carbocycles. The van der Waals surface area contributed by atoms with Crippen molar-refractivity contribution in [1.82, 2.24) is 0 Å². The van der Waals surface area contributed by atoms with Crippen molar-refractivity contribution < 1.29 is 8.83 Å². The molecule has 0 aliphatic heterocycles. The third-order valence-corrected chi connectivity index (χ3v) is 3.22. The summed E-state index contributed by atoms with van der Waals surface area (Å²) < 4.78 is 11.0. The van der Waals surface area contributed by atoms with Crippen LogP contribution in [0, 0.1) is 0 Å². The number of furan rings is 2. The lowest BCUT2D eigenvalue weighted by Gasteiger charge is -1.84. The van der Waals surface area contributed by atoms with Gasteiger partial charge < -0.3 is 8.83 Å². The van der Waals surface area contributed by atoms with Crippen molar-refractivity contribution in [2.75, 3.05) is 0 Å². The molecule has 3 heterocycles. The molecule has 0 amide bonds. The molecule has 0 N–H and O–H groups in total. The molecule has 3 nitrogen and oxygen atoms in total. The van der Waals surface area contributed by atoms with Gasteiger partial charge in [0.25, 0.3) is 0 Å². The summed E-state index contributed by atoms with van der Waals surface area (Å²) in [6.07, 6.45) is 0. The Morgan fingerprint density at radius 2 is 1.25 bits per heavy atom. The molecule has 0 fully saturated rings. The van der Waals surface area contributed by atoms with Gasteiger partial charge in [0.2, 0.25) is 0 Å². The Hall–Kier alpha value is -1.97. The van der Waals surface area contributed by atoms with Crippen LogP contribution in [0.15, 0.2) is 62.2 Å². The first-order chi connectivity index (χ1) is 9.61. The van der Waals surface area contributed by atoms with E-state index >= 15 is 0 Å². The van der Waals surface area contributed by atoms with Gasteiger partial charge in [-0.15, -0.1) is 0 Å². The van der Waals surface area contributed by atoms with Gasteiger partial charge in [-0.05, 0) is 36.4 Å². The van der Waals surface area contributed by atoms with Crippen molar-refractivity contribution >= 4 is 45.5 Å². The van der Waals surface area contributed by atoms with Crippen LogP contribution in [0.1, 0.15) is 0 Å². The van der Waals surface area contributed by atoms with Crippen LogP contribution in [0.3, 0.4) is 0 Å². The first-order valence-electron chi connectivity index (χ1n) is 5.79. The monoisotopic (exact) mass is 306 g/mol. The Morgan fingerprint density at radius 1 is 0.700 bits per heavy atom. The van der Waals surface area contributed by atoms with Crippen molar-refractivity contribution in [2.24, 2.45) is 0 Å². The SMILES string of the molecule is O=c1ccc2ccc(ccc3cc(Cl)c(o3)c(Cl)c1)o2. The lowest BCUT2D eigenvalue weighted by Crippen LogP contribution is -1.90. The molecule has 0 aliphatic carbocycles. The largest absolute Gasteiger partial charge is 0.457 e. The summed E-state index contributed by atoms with van der Waals surface area (Å²) in [6.45, 7) is 0. The van der Waals surface area contributed by atoms with Crippen molar-refractivity contribution in [3.05, 3.63) is 68.8 Å². The first-order valence-corrected chi connectivity index (χ1v) is 6.54. The highest BCUT2D eigenvalue weighted by Crippen LogP contribution is 2.27. The van der Waals surface area contributed by atoms with E-state index in [0.717, 1.165) is 0 Å². The van der Waals surface area contributed by atoms with Gasteiger partial charge in [0.1, 0.15) is 16.7 Å². The number of fused-ring (bicyclic) bond motifs is 4. The van der Waals surface area contributed by atoms with E-state index in [1.807, 2.05) is 0 Å². The average molecular weight is 307 g/mol. The lowest BCUT2D eigenvalue weighted by atomic mass is 10.4. The van der Waals surface area contributed by atoms with Gasteiger partial charge in [0, 0.05) is 12.1 Å². The zero-order chi connectivity index (χ0) is 14.1. The number of halogens is 2. The Bertz CT molecular complexity index is 908. The molecule has 4 bridgehead atoms. The molecular formula is C15H8Cl2O3. The summed E-state index contributed by atoms with van der Waals surface area (Å²) >= 11 is 12.1. The highest BCUT2D eigenvalue weighted by molar-refractivity contribution is 6.39. The standard InChI is InChI=1S/C15H8Cl2O3/c16-13-7-9(18)1-2-10-3-4-11(19-10)5-6-12-8-14(17)15(13)20-12/h1-8H. The fraction of sp³-hybridized carbons (Fsp3) is 0. The first kappa shape index (κ1) is 13.0. The molecule has 0 atom stereocenters. The van der Waals surface area contributed by atoms with Gasteiger partial charge >= 0.3 is 0 Å². The van der Waals surface area contributed by atoms with Crippen LogP contribution in [-0.2, 0) is 0 Å².